The number of nitrogens with one attached hydrogen (secondary N) is 1. The van der Waals surface area contributed by atoms with E-state index in [-0.39, 0.29) is 5.82 Å². The number of hydrogen-bond donors (Lipinski definition) is 1. The molecule has 0 aliphatic carbocycles. The van der Waals surface area contributed by atoms with Gasteiger partial charge in [0.05, 0.1) is 0 Å². The summed E-state index contributed by atoms with van der Waals surface area (Å²) in [6.07, 6.45) is 3.88. The average molecular weight is 280 g/mol. The molecule has 1 radical (unpaired) electrons. The lowest BCUT2D eigenvalue weighted by atomic mass is 10.1. The second-order valence-corrected chi connectivity index (χ2v) is 4.79. The highest BCUT2D eigenvalue weighted by molar-refractivity contribution is 5.54. The van der Waals surface area contributed by atoms with E-state index in [1.807, 2.05) is 24.6 Å². The third-order valence-corrected chi connectivity index (χ3v) is 3.24. The minimum absolute atomic E-state index is 0.257. The summed E-state index contributed by atoms with van der Waals surface area (Å²) in [6.45, 7) is 0. The lowest BCUT2D eigenvalue weighted by Gasteiger charge is -1.99. The molecule has 1 aromatic heterocycles. The number of hydrogen-bond acceptors (Lipinski definition) is 2. The van der Waals surface area contributed by atoms with Gasteiger partial charge in [-0.1, -0.05) is 30.3 Å². The fraction of sp³-hybridized carbons (Fsp3) is 0.118. The molecule has 0 amide bonds. The van der Waals surface area contributed by atoms with E-state index >= 15 is 0 Å². The van der Waals surface area contributed by atoms with Crippen LogP contribution in [-0.2, 0) is 6.42 Å². The first kappa shape index (κ1) is 13.5. The standard InChI is InChI=1S/C17H15FN3/c18-15-11-9-14(10-12-15)17-19-16(20-21-17)8-4-7-13-5-2-1-3-6-13/h1-3,5-6,8-12H,4,7H2,(H,19,20,21). The van der Waals surface area contributed by atoms with Crippen molar-refractivity contribution in [3.05, 3.63) is 78.2 Å². The summed E-state index contributed by atoms with van der Waals surface area (Å²) in [5, 5.41) is 8.17. The number of H-pyrrole nitrogens is 1. The predicted octanol–water partition coefficient (Wildman–Crippen LogP) is 3.80. The highest BCUT2D eigenvalue weighted by Gasteiger charge is 2.05. The topological polar surface area (TPSA) is 41.6 Å². The molecule has 0 saturated heterocycles. The summed E-state index contributed by atoms with van der Waals surface area (Å²) >= 11 is 0. The van der Waals surface area contributed by atoms with E-state index in [0.29, 0.717) is 5.82 Å². The van der Waals surface area contributed by atoms with Gasteiger partial charge in [-0.2, -0.15) is 0 Å². The quantitative estimate of drug-likeness (QED) is 0.772. The van der Waals surface area contributed by atoms with Crippen molar-refractivity contribution in [3.63, 3.8) is 0 Å². The molecule has 2 aromatic carbocycles. The van der Waals surface area contributed by atoms with Crippen LogP contribution in [-0.4, -0.2) is 15.2 Å². The van der Waals surface area contributed by atoms with E-state index in [1.54, 1.807) is 12.1 Å². The maximum atomic E-state index is 12.9. The molecule has 1 N–H and O–H groups in total. The predicted molar refractivity (Wildman–Crippen MR) is 79.9 cm³/mol. The molecule has 3 nitrogen and oxygen atoms in total. The number of benzene rings is 2. The molecule has 0 unspecified atom stereocenters. The summed E-state index contributed by atoms with van der Waals surface area (Å²) in [5.74, 6) is 1.14. The zero-order valence-electron chi connectivity index (χ0n) is 11.5. The van der Waals surface area contributed by atoms with Gasteiger partial charge in [0, 0.05) is 12.0 Å². The molecular formula is C17H15FN3. The molecule has 0 aliphatic rings. The van der Waals surface area contributed by atoms with E-state index in [2.05, 4.69) is 27.3 Å². The second-order valence-electron chi connectivity index (χ2n) is 4.79. The normalized spacial score (nSPS) is 10.7. The summed E-state index contributed by atoms with van der Waals surface area (Å²) in [6, 6.07) is 16.5. The Hall–Kier alpha value is -2.49. The number of aromatic amines is 1. The molecule has 21 heavy (non-hydrogen) atoms. The van der Waals surface area contributed by atoms with E-state index in [4.69, 9.17) is 0 Å². The van der Waals surface area contributed by atoms with Crippen LogP contribution in [0.15, 0.2) is 54.6 Å². The van der Waals surface area contributed by atoms with Gasteiger partial charge >= 0.3 is 0 Å². The molecule has 3 aromatic rings. The SMILES string of the molecule is Fc1ccc(-c2nnc([CH]CCc3ccccc3)[nH]2)cc1. The number of aryl methyl sites for hydroxylation is 1. The van der Waals surface area contributed by atoms with Crippen molar-refractivity contribution in [1.82, 2.24) is 15.2 Å². The minimum Gasteiger partial charge on any atom is -0.325 e. The molecule has 0 spiro atoms. The first-order valence-electron chi connectivity index (χ1n) is 6.87. The van der Waals surface area contributed by atoms with E-state index < -0.39 is 0 Å². The third-order valence-electron chi connectivity index (χ3n) is 3.24. The maximum Gasteiger partial charge on any atom is 0.161 e. The van der Waals surface area contributed by atoms with Crippen molar-refractivity contribution in [3.8, 4) is 11.4 Å². The van der Waals surface area contributed by atoms with Gasteiger partial charge < -0.3 is 4.98 Å². The molecule has 105 valence electrons. The van der Waals surface area contributed by atoms with Gasteiger partial charge in [0.25, 0.3) is 0 Å². The summed E-state index contributed by atoms with van der Waals surface area (Å²) in [4.78, 5) is 3.13. The van der Waals surface area contributed by atoms with Crippen molar-refractivity contribution >= 4 is 0 Å². The summed E-state index contributed by atoms with van der Waals surface area (Å²) in [7, 11) is 0. The van der Waals surface area contributed by atoms with Crippen LogP contribution < -0.4 is 0 Å². The monoisotopic (exact) mass is 280 g/mol. The van der Waals surface area contributed by atoms with Gasteiger partial charge in [-0.05, 0) is 42.7 Å². The third kappa shape index (κ3) is 3.54. The Morgan fingerprint density at radius 2 is 1.71 bits per heavy atom. The number of rotatable bonds is 5. The Bertz CT molecular complexity index is 690. The highest BCUT2D eigenvalue weighted by Crippen LogP contribution is 2.16. The van der Waals surface area contributed by atoms with Crippen LogP contribution in [0.4, 0.5) is 4.39 Å². The molecular weight excluding hydrogens is 265 g/mol. The van der Waals surface area contributed by atoms with E-state index in [0.717, 1.165) is 24.2 Å². The van der Waals surface area contributed by atoms with E-state index in [1.165, 1.54) is 17.7 Å². The first-order chi connectivity index (χ1) is 10.3. The Labute approximate surface area is 122 Å². The summed E-state index contributed by atoms with van der Waals surface area (Å²) < 4.78 is 12.9. The Morgan fingerprint density at radius 1 is 0.952 bits per heavy atom. The van der Waals surface area contributed by atoms with Crippen LogP contribution in [0.5, 0.6) is 0 Å². The molecule has 0 bridgehead atoms. The van der Waals surface area contributed by atoms with Crippen molar-refractivity contribution < 1.29 is 4.39 Å². The Kier molecular flexibility index (Phi) is 4.05. The molecule has 4 heteroatoms. The van der Waals surface area contributed by atoms with Gasteiger partial charge in [-0.15, -0.1) is 10.2 Å². The van der Waals surface area contributed by atoms with Crippen LogP contribution in [0.3, 0.4) is 0 Å². The number of halogens is 1. The zero-order chi connectivity index (χ0) is 14.5. The largest absolute Gasteiger partial charge is 0.325 e. The average Bonchev–Trinajstić information content (AvgIpc) is 2.98. The minimum atomic E-state index is -0.257. The number of nitrogens with zero attached hydrogens (tertiary/aromatic N) is 2. The second kappa shape index (κ2) is 6.31. The van der Waals surface area contributed by atoms with Crippen LogP contribution in [0.25, 0.3) is 11.4 Å². The van der Waals surface area contributed by atoms with Gasteiger partial charge in [-0.25, -0.2) is 4.39 Å². The van der Waals surface area contributed by atoms with Gasteiger partial charge in [0.1, 0.15) is 11.6 Å². The van der Waals surface area contributed by atoms with Gasteiger partial charge in [0.15, 0.2) is 5.82 Å². The molecule has 1 heterocycles. The van der Waals surface area contributed by atoms with Crippen LogP contribution in [0.1, 0.15) is 17.8 Å². The van der Waals surface area contributed by atoms with Crippen LogP contribution in [0.2, 0.25) is 0 Å². The fourth-order valence-electron chi connectivity index (χ4n) is 2.12. The van der Waals surface area contributed by atoms with Gasteiger partial charge in [0.2, 0.25) is 0 Å². The molecule has 0 fully saturated rings. The highest BCUT2D eigenvalue weighted by atomic mass is 19.1. The summed E-state index contributed by atoms with van der Waals surface area (Å²) in [5.41, 5.74) is 2.12. The van der Waals surface area contributed by atoms with Gasteiger partial charge in [-0.3, -0.25) is 0 Å². The van der Waals surface area contributed by atoms with Crippen molar-refractivity contribution in [1.29, 1.82) is 0 Å². The Balaban J connectivity index is 1.59. The van der Waals surface area contributed by atoms with Crippen molar-refractivity contribution in [2.45, 2.75) is 12.8 Å². The molecule has 3 rings (SSSR count). The maximum absolute atomic E-state index is 12.9. The lowest BCUT2D eigenvalue weighted by molar-refractivity contribution is 0.628. The molecule has 0 saturated carbocycles. The lowest BCUT2D eigenvalue weighted by Crippen LogP contribution is -1.89. The first-order valence-corrected chi connectivity index (χ1v) is 6.87. The van der Waals surface area contributed by atoms with Crippen molar-refractivity contribution in [2.75, 3.05) is 0 Å². The Morgan fingerprint density at radius 3 is 2.48 bits per heavy atom. The fourth-order valence-corrected chi connectivity index (χ4v) is 2.12. The molecule has 0 atom stereocenters. The van der Waals surface area contributed by atoms with E-state index in [9.17, 15) is 4.39 Å². The van der Waals surface area contributed by atoms with Crippen LogP contribution >= 0.6 is 0 Å². The number of aromatic nitrogens is 3. The molecule has 0 aliphatic heterocycles. The zero-order valence-corrected chi connectivity index (χ0v) is 11.5. The van der Waals surface area contributed by atoms with Crippen molar-refractivity contribution in [2.24, 2.45) is 0 Å². The smallest absolute Gasteiger partial charge is 0.161 e. The van der Waals surface area contributed by atoms with Crippen LogP contribution in [0, 0.1) is 12.2 Å².